The van der Waals surface area contributed by atoms with Gasteiger partial charge >= 0.3 is 0 Å². The third kappa shape index (κ3) is 5.54. The van der Waals surface area contributed by atoms with Crippen LogP contribution in [0.2, 0.25) is 0 Å². The van der Waals surface area contributed by atoms with Gasteiger partial charge in [-0.3, -0.25) is 14.9 Å². The lowest BCUT2D eigenvalue weighted by Gasteiger charge is -2.00. The molecule has 2 heterocycles. The van der Waals surface area contributed by atoms with Crippen molar-refractivity contribution in [2.45, 2.75) is 40.0 Å². The zero-order chi connectivity index (χ0) is 17.7. The summed E-state index contributed by atoms with van der Waals surface area (Å²) in [5.74, 6) is -0.00449. The zero-order valence-electron chi connectivity index (χ0n) is 14.0. The number of carbonyl (C=O) groups is 2. The number of hydrogen-bond acceptors (Lipinski definition) is 6. The summed E-state index contributed by atoms with van der Waals surface area (Å²) in [6.07, 6.45) is 3.43. The fourth-order valence-corrected chi connectivity index (χ4v) is 3.34. The summed E-state index contributed by atoms with van der Waals surface area (Å²) < 4.78 is 0. The number of allylic oxidation sites excluding steroid dienone is 1. The maximum Gasteiger partial charge on any atom is 0.250 e. The van der Waals surface area contributed by atoms with E-state index in [4.69, 9.17) is 0 Å². The Morgan fingerprint density at radius 2 is 2.00 bits per heavy atom. The molecular formula is C16H20N4O2S2. The summed E-state index contributed by atoms with van der Waals surface area (Å²) in [6.45, 7) is 7.86. The van der Waals surface area contributed by atoms with Gasteiger partial charge in [0.05, 0.1) is 12.1 Å². The van der Waals surface area contributed by atoms with E-state index in [0.717, 1.165) is 10.5 Å². The fraction of sp³-hybridized carbons (Fsp3) is 0.375. The molecular weight excluding hydrogens is 344 g/mol. The zero-order valence-corrected chi connectivity index (χ0v) is 15.7. The summed E-state index contributed by atoms with van der Waals surface area (Å²) in [7, 11) is 0. The van der Waals surface area contributed by atoms with Crippen LogP contribution < -0.4 is 10.6 Å². The molecule has 0 saturated heterocycles. The highest BCUT2D eigenvalue weighted by Crippen LogP contribution is 2.25. The van der Waals surface area contributed by atoms with Gasteiger partial charge in [-0.1, -0.05) is 19.4 Å². The molecule has 24 heavy (non-hydrogen) atoms. The largest absolute Gasteiger partial charge is 0.302 e. The van der Waals surface area contributed by atoms with Crippen LogP contribution in [0.5, 0.6) is 0 Å². The summed E-state index contributed by atoms with van der Waals surface area (Å²) in [6, 6.07) is 0. The highest BCUT2D eigenvalue weighted by molar-refractivity contribution is 7.15. The van der Waals surface area contributed by atoms with Crippen molar-refractivity contribution in [1.82, 2.24) is 9.97 Å². The van der Waals surface area contributed by atoms with E-state index in [1.54, 1.807) is 11.6 Å². The van der Waals surface area contributed by atoms with Gasteiger partial charge in [0.2, 0.25) is 11.8 Å². The molecule has 2 N–H and O–H groups in total. The minimum Gasteiger partial charge on any atom is -0.302 e. The average molecular weight is 364 g/mol. The van der Waals surface area contributed by atoms with Gasteiger partial charge in [-0.2, -0.15) is 0 Å². The molecule has 128 valence electrons. The highest BCUT2D eigenvalue weighted by Gasteiger charge is 2.12. The van der Waals surface area contributed by atoms with E-state index in [-0.39, 0.29) is 18.2 Å². The van der Waals surface area contributed by atoms with Gasteiger partial charge in [-0.15, -0.1) is 22.7 Å². The second-order valence-electron chi connectivity index (χ2n) is 5.80. The maximum atomic E-state index is 12.1. The van der Waals surface area contributed by atoms with Crippen LogP contribution in [0.3, 0.4) is 0 Å². The smallest absolute Gasteiger partial charge is 0.250 e. The van der Waals surface area contributed by atoms with Crippen LogP contribution in [-0.2, 0) is 16.0 Å². The minimum absolute atomic E-state index is 0.144. The van der Waals surface area contributed by atoms with Crippen molar-refractivity contribution < 1.29 is 9.59 Å². The Bertz CT molecular complexity index is 758. The van der Waals surface area contributed by atoms with Gasteiger partial charge in [-0.25, -0.2) is 9.97 Å². The van der Waals surface area contributed by atoms with Crippen LogP contribution in [0, 0.1) is 0 Å². The van der Waals surface area contributed by atoms with Gasteiger partial charge < -0.3 is 5.32 Å². The second-order valence-corrected chi connectivity index (χ2v) is 7.72. The standard InChI is InChI=1S/C16H20N4O2S2/c1-9(2)5-13(21)20-16-18-11(8-23-16)6-14(22)19-15-17-7-12(24-15)10(3)4/h5,7-8,10H,6H2,1-4H3,(H,17,19,22)(H,18,20,21). The van der Waals surface area contributed by atoms with Gasteiger partial charge in [-0.05, 0) is 19.8 Å². The monoisotopic (exact) mass is 364 g/mol. The lowest BCUT2D eigenvalue weighted by Crippen LogP contribution is -2.14. The summed E-state index contributed by atoms with van der Waals surface area (Å²) in [5.41, 5.74) is 1.53. The number of nitrogens with zero attached hydrogens (tertiary/aromatic N) is 2. The van der Waals surface area contributed by atoms with Crippen LogP contribution >= 0.6 is 22.7 Å². The van der Waals surface area contributed by atoms with E-state index in [0.29, 0.717) is 21.9 Å². The Morgan fingerprint density at radius 3 is 2.62 bits per heavy atom. The lowest BCUT2D eigenvalue weighted by molar-refractivity contribution is -0.115. The molecule has 0 fully saturated rings. The molecule has 0 radical (unpaired) electrons. The summed E-state index contributed by atoms with van der Waals surface area (Å²) in [5, 5.41) is 8.30. The van der Waals surface area contributed by atoms with Crippen molar-refractivity contribution in [3.05, 3.63) is 33.8 Å². The third-order valence-corrected chi connectivity index (χ3v) is 4.90. The van der Waals surface area contributed by atoms with Gasteiger partial charge in [0.15, 0.2) is 10.3 Å². The molecule has 8 heteroatoms. The minimum atomic E-state index is -0.218. The first-order chi connectivity index (χ1) is 11.3. The Morgan fingerprint density at radius 1 is 1.25 bits per heavy atom. The Balaban J connectivity index is 1.90. The predicted octanol–water partition coefficient (Wildman–Crippen LogP) is 3.81. The Hall–Kier alpha value is -2.06. The average Bonchev–Trinajstić information content (AvgIpc) is 3.07. The van der Waals surface area contributed by atoms with Crippen molar-refractivity contribution in [2.24, 2.45) is 0 Å². The van der Waals surface area contributed by atoms with Gasteiger partial charge in [0.25, 0.3) is 0 Å². The molecule has 0 bridgehead atoms. The van der Waals surface area contributed by atoms with E-state index >= 15 is 0 Å². The molecule has 2 amide bonds. The first-order valence-corrected chi connectivity index (χ1v) is 9.19. The van der Waals surface area contributed by atoms with Crippen LogP contribution in [-0.4, -0.2) is 21.8 Å². The number of anilines is 2. The van der Waals surface area contributed by atoms with E-state index in [2.05, 4.69) is 34.4 Å². The van der Waals surface area contributed by atoms with Crippen LogP contribution in [0.15, 0.2) is 23.2 Å². The molecule has 0 saturated carbocycles. The molecule has 0 aliphatic rings. The first-order valence-electron chi connectivity index (χ1n) is 7.49. The number of aromatic nitrogens is 2. The molecule has 0 aliphatic heterocycles. The van der Waals surface area contributed by atoms with Crippen molar-refractivity contribution >= 4 is 44.8 Å². The third-order valence-electron chi connectivity index (χ3n) is 2.88. The second kappa shape index (κ2) is 8.16. The topological polar surface area (TPSA) is 84.0 Å². The molecule has 0 unspecified atom stereocenters. The van der Waals surface area contributed by atoms with E-state index in [1.807, 2.05) is 13.8 Å². The number of amides is 2. The van der Waals surface area contributed by atoms with E-state index in [9.17, 15) is 9.59 Å². The maximum absolute atomic E-state index is 12.1. The van der Waals surface area contributed by atoms with Crippen LogP contribution in [0.4, 0.5) is 10.3 Å². The normalized spacial score (nSPS) is 10.5. The molecule has 2 aromatic rings. The quantitative estimate of drug-likeness (QED) is 0.764. The number of hydrogen-bond donors (Lipinski definition) is 2. The van der Waals surface area contributed by atoms with E-state index in [1.165, 1.54) is 28.7 Å². The highest BCUT2D eigenvalue weighted by atomic mass is 32.1. The lowest BCUT2D eigenvalue weighted by atomic mass is 10.2. The molecule has 2 aromatic heterocycles. The molecule has 0 spiro atoms. The van der Waals surface area contributed by atoms with E-state index < -0.39 is 0 Å². The predicted molar refractivity (Wildman–Crippen MR) is 98.7 cm³/mol. The Kier molecular flexibility index (Phi) is 6.22. The Labute approximate surface area is 149 Å². The molecule has 0 aliphatic carbocycles. The SMILES string of the molecule is CC(C)=CC(=O)Nc1nc(CC(=O)Nc2ncc(C(C)C)s2)cs1. The first kappa shape index (κ1) is 18.3. The summed E-state index contributed by atoms with van der Waals surface area (Å²) in [4.78, 5) is 33.3. The molecule has 6 nitrogen and oxygen atoms in total. The van der Waals surface area contributed by atoms with Gasteiger partial charge in [0.1, 0.15) is 0 Å². The number of nitrogens with one attached hydrogen (secondary N) is 2. The number of rotatable bonds is 6. The number of thiazole rings is 2. The van der Waals surface area contributed by atoms with Crippen molar-refractivity contribution in [3.63, 3.8) is 0 Å². The fourth-order valence-electron chi connectivity index (χ4n) is 1.79. The van der Waals surface area contributed by atoms with Crippen molar-refractivity contribution in [3.8, 4) is 0 Å². The van der Waals surface area contributed by atoms with Crippen LogP contribution in [0.25, 0.3) is 0 Å². The van der Waals surface area contributed by atoms with Crippen molar-refractivity contribution in [1.29, 1.82) is 0 Å². The van der Waals surface area contributed by atoms with Crippen molar-refractivity contribution in [2.75, 3.05) is 10.6 Å². The molecule has 0 atom stereocenters. The molecule has 2 rings (SSSR count). The summed E-state index contributed by atoms with van der Waals surface area (Å²) >= 11 is 2.77. The van der Waals surface area contributed by atoms with Gasteiger partial charge in [0, 0.05) is 22.5 Å². The van der Waals surface area contributed by atoms with Crippen LogP contribution in [0.1, 0.15) is 44.2 Å². The molecule has 0 aromatic carbocycles. The number of carbonyl (C=O) groups excluding carboxylic acids is 2.